The van der Waals surface area contributed by atoms with Gasteiger partial charge in [-0.3, -0.25) is 28.8 Å². The number of benzene rings is 2. The van der Waals surface area contributed by atoms with Crippen molar-refractivity contribution in [1.82, 2.24) is 9.55 Å². The lowest BCUT2D eigenvalue weighted by molar-refractivity contribution is -0.120. The van der Waals surface area contributed by atoms with Gasteiger partial charge in [0.1, 0.15) is 11.6 Å². The number of nitrogens with zero attached hydrogens (tertiary/aromatic N) is 2. The summed E-state index contributed by atoms with van der Waals surface area (Å²) < 4.78 is 6.84. The normalized spacial score (nSPS) is 10.6. The highest BCUT2D eigenvalue weighted by molar-refractivity contribution is 5.96. The van der Waals surface area contributed by atoms with Crippen LogP contribution in [0.4, 0.5) is 11.5 Å². The van der Waals surface area contributed by atoms with Crippen LogP contribution in [0.2, 0.25) is 0 Å². The number of nitrogens with one attached hydrogen (secondary N) is 1. The van der Waals surface area contributed by atoms with E-state index < -0.39 is 23.8 Å². The zero-order chi connectivity index (χ0) is 23.8. The van der Waals surface area contributed by atoms with Crippen LogP contribution in [-0.4, -0.2) is 28.4 Å². The number of aromatic nitrogens is 2. The molecule has 1 amide bonds. The zero-order valence-corrected chi connectivity index (χ0v) is 18.3. The summed E-state index contributed by atoms with van der Waals surface area (Å²) in [6.45, 7) is 1.87. The SMILES string of the molecule is CCCCn1c(N)c(N(Cc2ccccc2)C(=O)COc2ccccc2C=O)c(=O)[nH]c1=O. The highest BCUT2D eigenvalue weighted by Crippen LogP contribution is 2.21. The molecule has 0 radical (unpaired) electrons. The smallest absolute Gasteiger partial charge is 0.330 e. The molecule has 0 saturated carbocycles. The van der Waals surface area contributed by atoms with Gasteiger partial charge in [-0.25, -0.2) is 4.79 Å². The van der Waals surface area contributed by atoms with Gasteiger partial charge in [-0.1, -0.05) is 55.8 Å². The summed E-state index contributed by atoms with van der Waals surface area (Å²) in [5.41, 5.74) is 5.78. The second kappa shape index (κ2) is 10.9. The third-order valence-electron chi connectivity index (χ3n) is 5.10. The maximum Gasteiger partial charge on any atom is 0.330 e. The first-order valence-corrected chi connectivity index (χ1v) is 10.6. The van der Waals surface area contributed by atoms with Gasteiger partial charge < -0.3 is 10.5 Å². The molecule has 3 N–H and O–H groups in total. The van der Waals surface area contributed by atoms with Crippen molar-refractivity contribution < 1.29 is 14.3 Å². The van der Waals surface area contributed by atoms with E-state index in [1.165, 1.54) is 9.47 Å². The number of H-pyrrole nitrogens is 1. The highest BCUT2D eigenvalue weighted by Gasteiger charge is 2.25. The first-order valence-electron chi connectivity index (χ1n) is 10.6. The maximum absolute atomic E-state index is 13.3. The molecule has 0 aliphatic carbocycles. The Morgan fingerprint density at radius 1 is 1.12 bits per heavy atom. The van der Waals surface area contributed by atoms with Crippen LogP contribution >= 0.6 is 0 Å². The second-order valence-corrected chi connectivity index (χ2v) is 7.41. The molecule has 0 saturated heterocycles. The van der Waals surface area contributed by atoms with Gasteiger partial charge in [0, 0.05) is 6.54 Å². The number of carbonyl (C=O) groups excluding carboxylic acids is 2. The first kappa shape index (κ1) is 23.5. The van der Waals surface area contributed by atoms with Crippen LogP contribution in [0, 0.1) is 0 Å². The van der Waals surface area contributed by atoms with Crippen molar-refractivity contribution in [3.63, 3.8) is 0 Å². The number of amides is 1. The molecule has 3 aromatic rings. The van der Waals surface area contributed by atoms with E-state index in [9.17, 15) is 19.2 Å². The Labute approximate surface area is 190 Å². The van der Waals surface area contributed by atoms with Gasteiger partial charge in [0.05, 0.1) is 12.1 Å². The molecule has 9 nitrogen and oxygen atoms in total. The second-order valence-electron chi connectivity index (χ2n) is 7.41. The summed E-state index contributed by atoms with van der Waals surface area (Å²) in [5.74, 6) is -0.400. The molecule has 3 rings (SSSR count). The number of hydrogen-bond acceptors (Lipinski definition) is 6. The average molecular weight is 450 g/mol. The monoisotopic (exact) mass is 450 g/mol. The highest BCUT2D eigenvalue weighted by atomic mass is 16.5. The summed E-state index contributed by atoms with van der Waals surface area (Å²) in [7, 11) is 0. The Balaban J connectivity index is 2.00. The predicted molar refractivity (Wildman–Crippen MR) is 126 cm³/mol. The fourth-order valence-corrected chi connectivity index (χ4v) is 3.36. The third-order valence-corrected chi connectivity index (χ3v) is 5.10. The number of unbranched alkanes of at least 4 members (excludes halogenated alkanes) is 1. The Bertz CT molecular complexity index is 1230. The third kappa shape index (κ3) is 5.57. The molecule has 1 aromatic heterocycles. The summed E-state index contributed by atoms with van der Waals surface area (Å²) in [4.78, 5) is 53.0. The average Bonchev–Trinajstić information content (AvgIpc) is 2.82. The summed E-state index contributed by atoms with van der Waals surface area (Å²) in [6.07, 6.45) is 2.12. The molecule has 172 valence electrons. The van der Waals surface area contributed by atoms with Crippen molar-refractivity contribution >= 4 is 23.7 Å². The summed E-state index contributed by atoms with van der Waals surface area (Å²) >= 11 is 0. The molecule has 0 bridgehead atoms. The predicted octanol–water partition coefficient (Wildman–Crippen LogP) is 2.34. The molecule has 1 heterocycles. The van der Waals surface area contributed by atoms with Crippen LogP contribution in [0.15, 0.2) is 64.2 Å². The van der Waals surface area contributed by atoms with Gasteiger partial charge in [0.2, 0.25) is 0 Å². The Kier molecular flexibility index (Phi) is 7.80. The molecular formula is C24H26N4O5. The van der Waals surface area contributed by atoms with Crippen molar-refractivity contribution in [2.75, 3.05) is 17.2 Å². The number of rotatable bonds is 10. The lowest BCUT2D eigenvalue weighted by atomic mass is 10.2. The van der Waals surface area contributed by atoms with Gasteiger partial charge in [-0.05, 0) is 24.1 Å². The van der Waals surface area contributed by atoms with Crippen LogP contribution in [0.3, 0.4) is 0 Å². The van der Waals surface area contributed by atoms with Crippen LogP contribution in [0.1, 0.15) is 35.7 Å². The maximum atomic E-state index is 13.3. The molecule has 0 atom stereocenters. The van der Waals surface area contributed by atoms with E-state index in [0.717, 1.165) is 12.0 Å². The van der Waals surface area contributed by atoms with E-state index in [-0.39, 0.29) is 23.8 Å². The number of nitrogen functional groups attached to an aromatic ring is 1. The van der Waals surface area contributed by atoms with Crippen molar-refractivity contribution in [3.05, 3.63) is 86.6 Å². The number of carbonyl (C=O) groups is 2. The van der Waals surface area contributed by atoms with E-state index in [0.29, 0.717) is 24.8 Å². The molecule has 0 fully saturated rings. The lowest BCUT2D eigenvalue weighted by Gasteiger charge is -2.25. The molecule has 0 aliphatic heterocycles. The van der Waals surface area contributed by atoms with E-state index in [1.54, 1.807) is 36.4 Å². The van der Waals surface area contributed by atoms with Crippen molar-refractivity contribution in [3.8, 4) is 5.75 Å². The minimum atomic E-state index is -0.761. The number of aldehydes is 1. The Morgan fingerprint density at radius 3 is 2.52 bits per heavy atom. The van der Waals surface area contributed by atoms with Gasteiger partial charge in [-0.15, -0.1) is 0 Å². The van der Waals surface area contributed by atoms with Crippen molar-refractivity contribution in [2.45, 2.75) is 32.9 Å². The van der Waals surface area contributed by atoms with Crippen molar-refractivity contribution in [2.24, 2.45) is 0 Å². The topological polar surface area (TPSA) is 127 Å². The quantitative estimate of drug-likeness (QED) is 0.457. The standard InChI is InChI=1S/C24H26N4O5/c1-2-3-13-27-22(25)21(23(31)26-24(27)32)28(14-17-9-5-4-6-10-17)20(30)16-33-19-12-8-7-11-18(19)15-29/h4-12,15H,2-3,13-14,16,25H2,1H3,(H,26,31,32). The fourth-order valence-electron chi connectivity index (χ4n) is 3.36. The van der Waals surface area contributed by atoms with Crippen LogP contribution in [0.25, 0.3) is 0 Å². The molecule has 2 aromatic carbocycles. The number of nitrogens with two attached hydrogens (primary N) is 1. The Hall–Kier alpha value is -4.14. The molecule has 33 heavy (non-hydrogen) atoms. The minimum absolute atomic E-state index is 0.0393. The number of hydrogen-bond donors (Lipinski definition) is 2. The van der Waals surface area contributed by atoms with Crippen molar-refractivity contribution in [1.29, 1.82) is 0 Å². The zero-order valence-electron chi connectivity index (χ0n) is 18.3. The van der Waals surface area contributed by atoms with E-state index >= 15 is 0 Å². The van der Waals surface area contributed by atoms with Gasteiger partial charge in [0.15, 0.2) is 18.6 Å². The van der Waals surface area contributed by atoms with E-state index in [1.807, 2.05) is 25.1 Å². The van der Waals surface area contributed by atoms with Crippen LogP contribution in [-0.2, 0) is 17.9 Å². The van der Waals surface area contributed by atoms with E-state index in [4.69, 9.17) is 10.5 Å². The minimum Gasteiger partial charge on any atom is -0.483 e. The molecule has 9 heteroatoms. The number of ether oxygens (including phenoxy) is 1. The van der Waals surface area contributed by atoms with Gasteiger partial charge in [0.25, 0.3) is 11.5 Å². The molecule has 0 spiro atoms. The van der Waals surface area contributed by atoms with Crippen LogP contribution < -0.4 is 26.6 Å². The summed E-state index contributed by atoms with van der Waals surface area (Å²) in [6, 6.07) is 15.6. The summed E-state index contributed by atoms with van der Waals surface area (Å²) in [5, 5.41) is 0. The molecule has 0 aliphatic rings. The van der Waals surface area contributed by atoms with Gasteiger partial charge in [-0.2, -0.15) is 0 Å². The molecular weight excluding hydrogens is 424 g/mol. The van der Waals surface area contributed by atoms with E-state index in [2.05, 4.69) is 4.98 Å². The fraction of sp³-hybridized carbons (Fsp3) is 0.250. The largest absolute Gasteiger partial charge is 0.483 e. The first-order chi connectivity index (χ1) is 16.0. The number of anilines is 2. The van der Waals surface area contributed by atoms with Gasteiger partial charge >= 0.3 is 5.69 Å². The molecule has 0 unspecified atom stereocenters. The van der Waals surface area contributed by atoms with Crippen LogP contribution in [0.5, 0.6) is 5.75 Å². The number of aromatic amines is 1. The number of para-hydroxylation sites is 1. The lowest BCUT2D eigenvalue weighted by Crippen LogP contribution is -2.42. The Morgan fingerprint density at radius 2 is 1.82 bits per heavy atom.